The first-order valence-corrected chi connectivity index (χ1v) is 22.2. The van der Waals surface area contributed by atoms with Crippen molar-refractivity contribution in [3.8, 4) is 0 Å². The van der Waals surface area contributed by atoms with Crippen molar-refractivity contribution in [3.05, 3.63) is 12.2 Å². The van der Waals surface area contributed by atoms with Crippen LogP contribution >= 0.6 is 7.82 Å². The third-order valence-corrected chi connectivity index (χ3v) is 9.98. The molecular formula is C40H76NO10P. The number of hydrogen-bond donors (Lipinski definition) is 3. The average Bonchev–Trinajstić information content (AvgIpc) is 3.12. The summed E-state index contributed by atoms with van der Waals surface area (Å²) in [6.45, 7) is 2.77. The molecule has 0 fully saturated rings. The van der Waals surface area contributed by atoms with Gasteiger partial charge in [-0.05, 0) is 25.7 Å². The number of carbonyl (C=O) groups is 3. The Labute approximate surface area is 316 Å². The minimum absolute atomic E-state index is 0.143. The molecule has 0 saturated carbocycles. The van der Waals surface area contributed by atoms with Gasteiger partial charge in [0.1, 0.15) is 12.6 Å². The van der Waals surface area contributed by atoms with Gasteiger partial charge in [-0.1, -0.05) is 167 Å². The van der Waals surface area contributed by atoms with Crippen LogP contribution < -0.4 is 5.73 Å². The summed E-state index contributed by atoms with van der Waals surface area (Å²) < 4.78 is 32.6. The predicted octanol–water partition coefficient (Wildman–Crippen LogP) is 10.5. The number of unbranched alkanes of at least 4 members (excludes halogenated alkanes) is 23. The highest BCUT2D eigenvalue weighted by Crippen LogP contribution is 2.43. The zero-order chi connectivity index (χ0) is 38.5. The second-order valence-electron chi connectivity index (χ2n) is 14.1. The number of rotatable bonds is 39. The van der Waals surface area contributed by atoms with E-state index in [1.165, 1.54) is 122 Å². The Kier molecular flexibility index (Phi) is 35.0. The number of allylic oxidation sites excluding steroid dienone is 2. The van der Waals surface area contributed by atoms with Crippen LogP contribution in [0.2, 0.25) is 0 Å². The lowest BCUT2D eigenvalue weighted by molar-refractivity contribution is -0.161. The van der Waals surface area contributed by atoms with Crippen molar-refractivity contribution < 1.29 is 47.5 Å². The fraction of sp³-hybridized carbons (Fsp3) is 0.875. The number of hydrogen-bond acceptors (Lipinski definition) is 9. The van der Waals surface area contributed by atoms with Crippen LogP contribution in [0.3, 0.4) is 0 Å². The third kappa shape index (κ3) is 35.3. The van der Waals surface area contributed by atoms with Crippen molar-refractivity contribution in [1.82, 2.24) is 0 Å². The van der Waals surface area contributed by atoms with E-state index in [1.807, 2.05) is 6.08 Å². The van der Waals surface area contributed by atoms with Gasteiger partial charge >= 0.3 is 25.7 Å². The molecule has 0 aliphatic rings. The number of aliphatic carboxylic acids is 1. The van der Waals surface area contributed by atoms with Crippen LogP contribution in [0, 0.1) is 0 Å². The number of carboxylic acid groups (broad SMARTS) is 1. The highest BCUT2D eigenvalue weighted by Gasteiger charge is 2.28. The molecule has 52 heavy (non-hydrogen) atoms. The lowest BCUT2D eigenvalue weighted by Gasteiger charge is -2.20. The largest absolute Gasteiger partial charge is 0.480 e. The van der Waals surface area contributed by atoms with Crippen LogP contribution in [0.4, 0.5) is 0 Å². The number of carbonyl (C=O) groups excluding carboxylic acids is 2. The summed E-state index contributed by atoms with van der Waals surface area (Å²) in [5, 5.41) is 8.87. The molecule has 0 aliphatic heterocycles. The van der Waals surface area contributed by atoms with Crippen molar-refractivity contribution in [2.75, 3.05) is 19.8 Å². The topological polar surface area (TPSA) is 172 Å². The van der Waals surface area contributed by atoms with Crippen molar-refractivity contribution >= 4 is 25.7 Å². The summed E-state index contributed by atoms with van der Waals surface area (Å²) in [4.78, 5) is 45.8. The molecule has 0 bridgehead atoms. The van der Waals surface area contributed by atoms with Gasteiger partial charge in [-0.3, -0.25) is 23.4 Å². The first kappa shape index (κ1) is 50.2. The second kappa shape index (κ2) is 36.2. The molecule has 0 aromatic rings. The van der Waals surface area contributed by atoms with Gasteiger partial charge in [-0.2, -0.15) is 0 Å². The number of phosphoric ester groups is 1. The standard InChI is InChI=1S/C40H76NO10P/c1-3-5-7-9-11-13-15-17-18-20-21-23-25-27-29-31-38(42)48-33-36(34-49-52(46,47)50-35-37(41)40(44)45)51-39(43)32-30-28-26-24-22-19-16-14-12-10-8-6-4-2/h25,27,36-37H,3-24,26,28-35,41H2,1-2H3,(H,44,45)(H,46,47)/b27-25+/t36-,37+/m1/s1. The molecule has 0 heterocycles. The summed E-state index contributed by atoms with van der Waals surface area (Å²) in [7, 11) is -4.71. The number of nitrogens with two attached hydrogens (primary N) is 1. The minimum atomic E-state index is -4.71. The molecule has 1 unspecified atom stereocenters. The lowest BCUT2D eigenvalue weighted by Crippen LogP contribution is -2.34. The van der Waals surface area contributed by atoms with E-state index >= 15 is 0 Å². The maximum Gasteiger partial charge on any atom is 0.472 e. The maximum absolute atomic E-state index is 12.6. The molecule has 11 nitrogen and oxygen atoms in total. The summed E-state index contributed by atoms with van der Waals surface area (Å²) in [6.07, 6.45) is 34.3. The normalized spacial score (nSPS) is 13.9. The molecule has 0 amide bonds. The molecule has 12 heteroatoms. The Morgan fingerprint density at radius 2 is 1.00 bits per heavy atom. The van der Waals surface area contributed by atoms with Crippen LogP contribution in [0.15, 0.2) is 12.2 Å². The molecule has 3 atom stereocenters. The summed E-state index contributed by atoms with van der Waals surface area (Å²) >= 11 is 0. The maximum atomic E-state index is 12.6. The van der Waals surface area contributed by atoms with Gasteiger partial charge < -0.3 is 25.2 Å². The summed E-state index contributed by atoms with van der Waals surface area (Å²) in [5.41, 5.74) is 5.32. The van der Waals surface area contributed by atoms with E-state index in [-0.39, 0.29) is 19.4 Å². The molecular weight excluding hydrogens is 685 g/mol. The number of esters is 2. The van der Waals surface area contributed by atoms with Gasteiger partial charge in [-0.15, -0.1) is 0 Å². The highest BCUT2D eigenvalue weighted by atomic mass is 31.2. The molecule has 0 spiro atoms. The van der Waals surface area contributed by atoms with Crippen molar-refractivity contribution in [2.45, 2.75) is 206 Å². The van der Waals surface area contributed by atoms with E-state index in [0.29, 0.717) is 12.8 Å². The molecule has 0 rings (SSSR count). The van der Waals surface area contributed by atoms with Crippen LogP contribution in [-0.4, -0.2) is 59.9 Å². The minimum Gasteiger partial charge on any atom is -0.480 e. The molecule has 0 aliphatic carbocycles. The Morgan fingerprint density at radius 1 is 0.577 bits per heavy atom. The quantitative estimate of drug-likeness (QED) is 0.0235. The van der Waals surface area contributed by atoms with E-state index in [9.17, 15) is 23.8 Å². The van der Waals surface area contributed by atoms with E-state index in [2.05, 4.69) is 24.4 Å². The predicted molar refractivity (Wildman–Crippen MR) is 208 cm³/mol. The van der Waals surface area contributed by atoms with Gasteiger partial charge in [0.25, 0.3) is 0 Å². The SMILES string of the molecule is CCCCCCCCCCCCC/C=C/CCC(=O)OC[C@H](COP(=O)(O)OC[C@H](N)C(=O)O)OC(=O)CCCCCCCCCCCCCCC. The van der Waals surface area contributed by atoms with Gasteiger partial charge in [0.05, 0.1) is 13.2 Å². The van der Waals surface area contributed by atoms with Gasteiger partial charge in [0.15, 0.2) is 6.10 Å². The van der Waals surface area contributed by atoms with E-state index < -0.39 is 51.1 Å². The van der Waals surface area contributed by atoms with Gasteiger partial charge in [-0.25, -0.2) is 4.57 Å². The summed E-state index contributed by atoms with van der Waals surface area (Å²) in [6, 6.07) is -1.52. The fourth-order valence-electron chi connectivity index (χ4n) is 5.73. The molecule has 0 radical (unpaired) electrons. The fourth-order valence-corrected chi connectivity index (χ4v) is 6.51. The third-order valence-electron chi connectivity index (χ3n) is 9.03. The Morgan fingerprint density at radius 3 is 1.48 bits per heavy atom. The van der Waals surface area contributed by atoms with Crippen LogP contribution in [-0.2, 0) is 37.5 Å². The van der Waals surface area contributed by atoms with Crippen LogP contribution in [0.25, 0.3) is 0 Å². The van der Waals surface area contributed by atoms with E-state index in [0.717, 1.165) is 32.1 Å². The van der Waals surface area contributed by atoms with Crippen LogP contribution in [0.1, 0.15) is 194 Å². The second-order valence-corrected chi connectivity index (χ2v) is 15.6. The Bertz CT molecular complexity index is 947. The van der Waals surface area contributed by atoms with Crippen molar-refractivity contribution in [1.29, 1.82) is 0 Å². The first-order valence-electron chi connectivity index (χ1n) is 20.7. The van der Waals surface area contributed by atoms with E-state index in [4.69, 9.17) is 24.8 Å². The molecule has 0 aromatic heterocycles. The van der Waals surface area contributed by atoms with Gasteiger partial charge in [0.2, 0.25) is 0 Å². The molecule has 4 N–H and O–H groups in total. The lowest BCUT2D eigenvalue weighted by atomic mass is 10.0. The monoisotopic (exact) mass is 762 g/mol. The molecule has 306 valence electrons. The van der Waals surface area contributed by atoms with Crippen molar-refractivity contribution in [3.63, 3.8) is 0 Å². The van der Waals surface area contributed by atoms with E-state index in [1.54, 1.807) is 0 Å². The smallest absolute Gasteiger partial charge is 0.472 e. The number of phosphoric acid groups is 1. The summed E-state index contributed by atoms with van der Waals surface area (Å²) in [5.74, 6) is -2.43. The van der Waals surface area contributed by atoms with Crippen molar-refractivity contribution in [2.24, 2.45) is 5.73 Å². The molecule has 0 saturated heterocycles. The Balaban J connectivity index is 4.41. The van der Waals surface area contributed by atoms with Gasteiger partial charge in [0, 0.05) is 12.8 Å². The van der Waals surface area contributed by atoms with Crippen LogP contribution in [0.5, 0.6) is 0 Å². The zero-order valence-electron chi connectivity index (χ0n) is 32.9. The number of carboxylic acids is 1. The first-order chi connectivity index (χ1) is 25.1. The highest BCUT2D eigenvalue weighted by molar-refractivity contribution is 7.47. The molecule has 0 aromatic carbocycles. The average molecular weight is 762 g/mol. The number of ether oxygens (including phenoxy) is 2. The Hall–Kier alpha value is -1.78. The zero-order valence-corrected chi connectivity index (χ0v) is 33.8.